The van der Waals surface area contributed by atoms with Crippen molar-refractivity contribution in [2.45, 2.75) is 45.2 Å². The number of hydrazone groups is 1. The van der Waals surface area contributed by atoms with Crippen LogP contribution in [0.2, 0.25) is 0 Å². The van der Waals surface area contributed by atoms with E-state index in [2.05, 4.69) is 24.0 Å². The Bertz CT molecular complexity index is 376. The van der Waals surface area contributed by atoms with E-state index >= 15 is 0 Å². The van der Waals surface area contributed by atoms with E-state index in [0.29, 0.717) is 17.8 Å². The van der Waals surface area contributed by atoms with E-state index in [4.69, 9.17) is 0 Å². The molecule has 1 aromatic rings. The monoisotopic (exact) mass is 232 g/mol. The molecular formula is C14H20N2O. The van der Waals surface area contributed by atoms with Gasteiger partial charge in [0.1, 0.15) is 5.75 Å². The molecule has 0 aliphatic carbocycles. The van der Waals surface area contributed by atoms with Crippen molar-refractivity contribution < 1.29 is 5.11 Å². The van der Waals surface area contributed by atoms with Gasteiger partial charge in [-0.2, -0.15) is 5.10 Å². The second-order valence-corrected chi connectivity index (χ2v) is 4.85. The minimum absolute atomic E-state index is 0.293. The molecule has 1 heterocycles. The Labute approximate surface area is 103 Å². The van der Waals surface area contributed by atoms with Gasteiger partial charge in [0.05, 0.1) is 6.21 Å². The van der Waals surface area contributed by atoms with E-state index in [0.717, 1.165) is 5.56 Å². The van der Waals surface area contributed by atoms with Crippen LogP contribution < -0.4 is 0 Å². The summed E-state index contributed by atoms with van der Waals surface area (Å²) in [6.07, 6.45) is 5.61. The predicted octanol–water partition coefficient (Wildman–Crippen LogP) is 2.99. The normalized spacial score (nSPS) is 25.4. The van der Waals surface area contributed by atoms with Gasteiger partial charge < -0.3 is 5.11 Å². The number of aromatic hydroxyl groups is 1. The maximum Gasteiger partial charge on any atom is 0.115 e. The predicted molar refractivity (Wildman–Crippen MR) is 70.3 cm³/mol. The lowest BCUT2D eigenvalue weighted by atomic mass is 10.00. The first kappa shape index (κ1) is 12.0. The summed E-state index contributed by atoms with van der Waals surface area (Å²) >= 11 is 0. The highest BCUT2D eigenvalue weighted by atomic mass is 16.3. The van der Waals surface area contributed by atoms with Gasteiger partial charge in [0.25, 0.3) is 0 Å². The molecule has 17 heavy (non-hydrogen) atoms. The minimum atomic E-state index is 0.293. The molecule has 0 spiro atoms. The van der Waals surface area contributed by atoms with Gasteiger partial charge >= 0.3 is 0 Å². The fourth-order valence-corrected chi connectivity index (χ4v) is 2.33. The minimum Gasteiger partial charge on any atom is -0.508 e. The Kier molecular flexibility index (Phi) is 3.67. The maximum absolute atomic E-state index is 9.20. The summed E-state index contributed by atoms with van der Waals surface area (Å²) < 4.78 is 0. The summed E-state index contributed by atoms with van der Waals surface area (Å²) in [6, 6.07) is 8.16. The highest BCUT2D eigenvalue weighted by Gasteiger charge is 2.22. The number of hydrogen-bond acceptors (Lipinski definition) is 3. The first-order valence-electron chi connectivity index (χ1n) is 6.28. The zero-order chi connectivity index (χ0) is 12.3. The van der Waals surface area contributed by atoms with Crippen LogP contribution in [0, 0.1) is 0 Å². The van der Waals surface area contributed by atoms with E-state index in [-0.39, 0.29) is 0 Å². The van der Waals surface area contributed by atoms with E-state index in [9.17, 15) is 5.11 Å². The topological polar surface area (TPSA) is 35.8 Å². The second-order valence-electron chi connectivity index (χ2n) is 4.85. The number of rotatable bonds is 2. The number of benzene rings is 1. The van der Waals surface area contributed by atoms with E-state index in [1.165, 1.54) is 19.3 Å². The van der Waals surface area contributed by atoms with Gasteiger partial charge in [-0.15, -0.1) is 0 Å². The molecule has 92 valence electrons. The molecule has 1 aromatic carbocycles. The van der Waals surface area contributed by atoms with Crippen LogP contribution in [-0.2, 0) is 0 Å². The molecule has 3 heteroatoms. The van der Waals surface area contributed by atoms with Crippen LogP contribution in [0.1, 0.15) is 38.7 Å². The molecule has 1 aliphatic rings. The van der Waals surface area contributed by atoms with Crippen molar-refractivity contribution in [3.8, 4) is 5.75 Å². The number of hydrogen-bond donors (Lipinski definition) is 1. The van der Waals surface area contributed by atoms with Crippen LogP contribution >= 0.6 is 0 Å². The number of phenolic OH excluding ortho intramolecular Hbond substituents is 1. The van der Waals surface area contributed by atoms with Gasteiger partial charge in [-0.3, -0.25) is 5.01 Å². The van der Waals surface area contributed by atoms with Gasteiger partial charge in [-0.1, -0.05) is 0 Å². The Morgan fingerprint density at radius 3 is 2.35 bits per heavy atom. The van der Waals surface area contributed by atoms with Crippen molar-refractivity contribution in [3.05, 3.63) is 29.8 Å². The molecule has 1 aliphatic heterocycles. The molecular weight excluding hydrogens is 212 g/mol. The number of phenols is 1. The van der Waals surface area contributed by atoms with Gasteiger partial charge in [0.15, 0.2) is 0 Å². The molecule has 0 amide bonds. The standard InChI is InChI=1S/C14H20N2O/c1-11-4-3-5-12(2)16(11)15-10-13-6-8-14(17)9-7-13/h6-12,17H,3-5H2,1-2H3/b15-10+/t11-,12-/m1/s1. The average Bonchev–Trinajstić information content (AvgIpc) is 2.31. The van der Waals surface area contributed by atoms with Crippen molar-refractivity contribution in [1.82, 2.24) is 5.01 Å². The summed E-state index contributed by atoms with van der Waals surface area (Å²) in [6.45, 7) is 4.45. The molecule has 0 aromatic heterocycles. The SMILES string of the molecule is C[C@@H]1CCC[C@@H](C)N1/N=C/c1ccc(O)cc1. The molecule has 0 bridgehead atoms. The lowest BCUT2D eigenvalue weighted by Crippen LogP contribution is -2.39. The Morgan fingerprint density at radius 1 is 1.18 bits per heavy atom. The van der Waals surface area contributed by atoms with Gasteiger partial charge in [-0.25, -0.2) is 0 Å². The van der Waals surface area contributed by atoms with Crippen LogP contribution in [0.5, 0.6) is 5.75 Å². The molecule has 0 radical (unpaired) electrons. The van der Waals surface area contributed by atoms with Gasteiger partial charge in [0, 0.05) is 12.1 Å². The van der Waals surface area contributed by atoms with Crippen molar-refractivity contribution in [2.24, 2.45) is 5.10 Å². The number of piperidine rings is 1. The molecule has 2 rings (SSSR count). The Balaban J connectivity index is 2.06. The lowest BCUT2D eigenvalue weighted by Gasteiger charge is -2.36. The number of nitrogens with zero attached hydrogens (tertiary/aromatic N) is 2. The van der Waals surface area contributed by atoms with Crippen LogP contribution in [0.25, 0.3) is 0 Å². The molecule has 2 atom stereocenters. The highest BCUT2D eigenvalue weighted by Crippen LogP contribution is 2.22. The van der Waals surface area contributed by atoms with Crippen molar-refractivity contribution in [3.63, 3.8) is 0 Å². The summed E-state index contributed by atoms with van der Waals surface area (Å²) in [7, 11) is 0. The highest BCUT2D eigenvalue weighted by molar-refractivity contribution is 5.79. The van der Waals surface area contributed by atoms with Crippen LogP contribution in [0.15, 0.2) is 29.4 Å². The third kappa shape index (κ3) is 2.99. The lowest BCUT2D eigenvalue weighted by molar-refractivity contribution is 0.109. The van der Waals surface area contributed by atoms with E-state index in [1.807, 2.05) is 18.3 Å². The fourth-order valence-electron chi connectivity index (χ4n) is 2.33. The summed E-state index contributed by atoms with van der Waals surface area (Å²) in [5, 5.41) is 16.0. The summed E-state index contributed by atoms with van der Waals surface area (Å²) in [4.78, 5) is 0. The van der Waals surface area contributed by atoms with E-state index in [1.54, 1.807) is 12.1 Å². The molecule has 0 unspecified atom stereocenters. The van der Waals surface area contributed by atoms with Crippen molar-refractivity contribution in [1.29, 1.82) is 0 Å². The molecule has 3 nitrogen and oxygen atoms in total. The summed E-state index contributed by atoms with van der Waals surface area (Å²) in [5.74, 6) is 0.293. The summed E-state index contributed by atoms with van der Waals surface area (Å²) in [5.41, 5.74) is 1.02. The van der Waals surface area contributed by atoms with Gasteiger partial charge in [0.2, 0.25) is 0 Å². The van der Waals surface area contributed by atoms with Crippen LogP contribution in [0.3, 0.4) is 0 Å². The zero-order valence-corrected chi connectivity index (χ0v) is 10.5. The largest absolute Gasteiger partial charge is 0.508 e. The Hall–Kier alpha value is -1.51. The smallest absolute Gasteiger partial charge is 0.115 e. The third-order valence-electron chi connectivity index (χ3n) is 3.38. The first-order chi connectivity index (χ1) is 8.16. The molecule has 0 saturated carbocycles. The van der Waals surface area contributed by atoms with Crippen molar-refractivity contribution in [2.75, 3.05) is 0 Å². The van der Waals surface area contributed by atoms with Crippen molar-refractivity contribution >= 4 is 6.21 Å². The Morgan fingerprint density at radius 2 is 1.76 bits per heavy atom. The second kappa shape index (κ2) is 5.21. The molecule has 1 saturated heterocycles. The van der Waals surface area contributed by atoms with Gasteiger partial charge in [-0.05, 0) is 62.9 Å². The quantitative estimate of drug-likeness (QED) is 0.796. The zero-order valence-electron chi connectivity index (χ0n) is 10.5. The molecule has 1 fully saturated rings. The van der Waals surface area contributed by atoms with E-state index < -0.39 is 0 Å². The third-order valence-corrected chi connectivity index (χ3v) is 3.38. The fraction of sp³-hybridized carbons (Fsp3) is 0.500. The maximum atomic E-state index is 9.20. The average molecular weight is 232 g/mol. The first-order valence-corrected chi connectivity index (χ1v) is 6.28. The molecule has 1 N–H and O–H groups in total. The van der Waals surface area contributed by atoms with Crippen LogP contribution in [-0.4, -0.2) is 28.4 Å². The van der Waals surface area contributed by atoms with Crippen LogP contribution in [0.4, 0.5) is 0 Å².